The van der Waals surface area contributed by atoms with Crippen molar-refractivity contribution in [2.24, 2.45) is 0 Å². The Labute approximate surface area is 159 Å². The normalized spacial score (nSPS) is 12.3. The topological polar surface area (TPSA) is 13.1 Å². The molecule has 1 heterocycles. The Morgan fingerprint density at radius 1 is 0.630 bits per heavy atom. The second kappa shape index (κ2) is 5.72. The summed E-state index contributed by atoms with van der Waals surface area (Å²) in [6.45, 7) is 6.70. The zero-order chi connectivity index (χ0) is 18.6. The van der Waals surface area contributed by atoms with E-state index in [1.807, 2.05) is 0 Å². The van der Waals surface area contributed by atoms with E-state index in [0.29, 0.717) is 0 Å². The van der Waals surface area contributed by atoms with Crippen LogP contribution in [0.2, 0.25) is 0 Å². The molecule has 0 fully saturated rings. The summed E-state index contributed by atoms with van der Waals surface area (Å²) in [5.74, 6) is 0. The molecule has 0 aliphatic heterocycles. The van der Waals surface area contributed by atoms with Gasteiger partial charge in [0.1, 0.15) is 11.2 Å². The Bertz CT molecular complexity index is 1290. The van der Waals surface area contributed by atoms with Crippen molar-refractivity contribution in [3.8, 4) is 11.1 Å². The van der Waals surface area contributed by atoms with E-state index in [0.717, 1.165) is 11.2 Å². The lowest BCUT2D eigenvalue weighted by Gasteiger charge is -2.18. The van der Waals surface area contributed by atoms with Crippen molar-refractivity contribution in [3.63, 3.8) is 0 Å². The Kier molecular flexibility index (Phi) is 3.42. The standard InChI is InChI=1S/C26H22O/c1-26(2,3)18-14-15-22-24(16-18)27-23-13-7-12-21(25(22)23)20-11-6-9-17-8-4-5-10-19(17)20/h4-16H,1-3H3. The van der Waals surface area contributed by atoms with Gasteiger partial charge in [0.2, 0.25) is 0 Å². The molecular formula is C26H22O. The molecule has 0 amide bonds. The maximum atomic E-state index is 6.26. The highest BCUT2D eigenvalue weighted by Gasteiger charge is 2.18. The Morgan fingerprint density at radius 3 is 2.22 bits per heavy atom. The molecule has 0 aliphatic rings. The van der Waals surface area contributed by atoms with Gasteiger partial charge in [-0.1, -0.05) is 87.5 Å². The first-order valence-corrected chi connectivity index (χ1v) is 9.46. The van der Waals surface area contributed by atoms with Crippen molar-refractivity contribution in [3.05, 3.63) is 84.4 Å². The summed E-state index contributed by atoms with van der Waals surface area (Å²) >= 11 is 0. The molecule has 27 heavy (non-hydrogen) atoms. The van der Waals surface area contributed by atoms with Gasteiger partial charge in [-0.3, -0.25) is 0 Å². The van der Waals surface area contributed by atoms with Gasteiger partial charge in [0.15, 0.2) is 0 Å². The summed E-state index contributed by atoms with van der Waals surface area (Å²) < 4.78 is 6.26. The van der Waals surface area contributed by atoms with Gasteiger partial charge in [0.25, 0.3) is 0 Å². The lowest BCUT2D eigenvalue weighted by Crippen LogP contribution is -2.10. The minimum Gasteiger partial charge on any atom is -0.456 e. The zero-order valence-corrected chi connectivity index (χ0v) is 15.9. The van der Waals surface area contributed by atoms with Crippen molar-refractivity contribution in [2.75, 3.05) is 0 Å². The van der Waals surface area contributed by atoms with Gasteiger partial charge < -0.3 is 4.42 Å². The molecule has 0 unspecified atom stereocenters. The van der Waals surface area contributed by atoms with Crippen molar-refractivity contribution < 1.29 is 4.42 Å². The van der Waals surface area contributed by atoms with Gasteiger partial charge in [0.05, 0.1) is 0 Å². The molecule has 0 radical (unpaired) electrons. The van der Waals surface area contributed by atoms with Crippen molar-refractivity contribution >= 4 is 32.7 Å². The van der Waals surface area contributed by atoms with E-state index in [1.54, 1.807) is 0 Å². The van der Waals surface area contributed by atoms with E-state index in [-0.39, 0.29) is 5.41 Å². The molecule has 5 rings (SSSR count). The Balaban J connectivity index is 1.85. The molecule has 0 bridgehead atoms. The third kappa shape index (κ3) is 2.54. The maximum absolute atomic E-state index is 6.26. The van der Waals surface area contributed by atoms with E-state index >= 15 is 0 Å². The number of furan rings is 1. The maximum Gasteiger partial charge on any atom is 0.136 e. The molecule has 0 atom stereocenters. The molecule has 0 spiro atoms. The highest BCUT2D eigenvalue weighted by molar-refractivity contribution is 6.15. The predicted molar refractivity (Wildman–Crippen MR) is 115 cm³/mol. The van der Waals surface area contributed by atoms with Crippen LogP contribution in [-0.2, 0) is 5.41 Å². The highest BCUT2D eigenvalue weighted by Crippen LogP contribution is 2.40. The zero-order valence-electron chi connectivity index (χ0n) is 15.9. The third-order valence-electron chi connectivity index (χ3n) is 5.44. The monoisotopic (exact) mass is 350 g/mol. The molecule has 0 N–H and O–H groups in total. The van der Waals surface area contributed by atoms with Gasteiger partial charge in [-0.2, -0.15) is 0 Å². The van der Waals surface area contributed by atoms with E-state index in [2.05, 4.69) is 99.6 Å². The first-order valence-electron chi connectivity index (χ1n) is 9.46. The molecule has 0 saturated carbocycles. The lowest BCUT2D eigenvalue weighted by atomic mass is 9.86. The number of fused-ring (bicyclic) bond motifs is 4. The lowest BCUT2D eigenvalue weighted by molar-refractivity contribution is 0.587. The quantitative estimate of drug-likeness (QED) is 0.302. The van der Waals surface area contributed by atoms with E-state index in [1.165, 1.54) is 38.2 Å². The van der Waals surface area contributed by atoms with Crippen LogP contribution in [0.4, 0.5) is 0 Å². The van der Waals surface area contributed by atoms with Crippen molar-refractivity contribution in [1.82, 2.24) is 0 Å². The molecule has 132 valence electrons. The number of benzene rings is 4. The second-order valence-corrected chi connectivity index (χ2v) is 8.27. The molecule has 1 aromatic heterocycles. The molecule has 0 aliphatic carbocycles. The molecule has 1 heteroatoms. The number of hydrogen-bond acceptors (Lipinski definition) is 1. The second-order valence-electron chi connectivity index (χ2n) is 8.27. The first kappa shape index (κ1) is 16.1. The Hall–Kier alpha value is -3.06. The molecular weight excluding hydrogens is 328 g/mol. The third-order valence-corrected chi connectivity index (χ3v) is 5.44. The average molecular weight is 350 g/mol. The van der Waals surface area contributed by atoms with Crippen LogP contribution in [0.25, 0.3) is 43.8 Å². The van der Waals surface area contributed by atoms with Gasteiger partial charge in [-0.15, -0.1) is 0 Å². The Morgan fingerprint density at radius 2 is 1.37 bits per heavy atom. The van der Waals surface area contributed by atoms with E-state index in [4.69, 9.17) is 4.42 Å². The van der Waals surface area contributed by atoms with Crippen LogP contribution < -0.4 is 0 Å². The fraction of sp³-hybridized carbons (Fsp3) is 0.154. The van der Waals surface area contributed by atoms with Crippen molar-refractivity contribution in [1.29, 1.82) is 0 Å². The average Bonchev–Trinajstić information content (AvgIpc) is 3.05. The largest absolute Gasteiger partial charge is 0.456 e. The molecule has 1 nitrogen and oxygen atoms in total. The van der Waals surface area contributed by atoms with Crippen LogP contribution in [0.5, 0.6) is 0 Å². The smallest absolute Gasteiger partial charge is 0.136 e. The van der Waals surface area contributed by atoms with E-state index < -0.39 is 0 Å². The summed E-state index contributed by atoms with van der Waals surface area (Å²) in [5, 5.41) is 4.91. The summed E-state index contributed by atoms with van der Waals surface area (Å²) in [6, 6.07) is 28.1. The van der Waals surface area contributed by atoms with Crippen LogP contribution in [0.15, 0.2) is 83.3 Å². The van der Waals surface area contributed by atoms with Crippen LogP contribution in [0.1, 0.15) is 26.3 Å². The molecule has 5 aromatic rings. The molecule has 0 saturated heterocycles. The summed E-state index contributed by atoms with van der Waals surface area (Å²) in [6.07, 6.45) is 0. The first-order chi connectivity index (χ1) is 13.0. The summed E-state index contributed by atoms with van der Waals surface area (Å²) in [5.41, 5.74) is 5.78. The van der Waals surface area contributed by atoms with Gasteiger partial charge >= 0.3 is 0 Å². The summed E-state index contributed by atoms with van der Waals surface area (Å²) in [4.78, 5) is 0. The number of rotatable bonds is 1. The van der Waals surface area contributed by atoms with E-state index in [9.17, 15) is 0 Å². The van der Waals surface area contributed by atoms with Crippen molar-refractivity contribution in [2.45, 2.75) is 26.2 Å². The minimum atomic E-state index is 0.103. The fourth-order valence-corrected chi connectivity index (χ4v) is 3.98. The molecule has 4 aromatic carbocycles. The minimum absolute atomic E-state index is 0.103. The van der Waals surface area contributed by atoms with Gasteiger partial charge in [0, 0.05) is 10.8 Å². The SMILES string of the molecule is CC(C)(C)c1ccc2c(c1)oc1cccc(-c3cccc4ccccc34)c12. The fourth-order valence-electron chi connectivity index (χ4n) is 3.98. The van der Waals surface area contributed by atoms with Crippen LogP contribution >= 0.6 is 0 Å². The van der Waals surface area contributed by atoms with Gasteiger partial charge in [-0.25, -0.2) is 0 Å². The summed E-state index contributed by atoms with van der Waals surface area (Å²) in [7, 11) is 0. The van der Waals surface area contributed by atoms with Gasteiger partial charge in [-0.05, 0) is 45.0 Å². The van der Waals surface area contributed by atoms with Crippen LogP contribution in [0.3, 0.4) is 0 Å². The van der Waals surface area contributed by atoms with Crippen LogP contribution in [0, 0.1) is 0 Å². The van der Waals surface area contributed by atoms with Crippen LogP contribution in [-0.4, -0.2) is 0 Å². The highest BCUT2D eigenvalue weighted by atomic mass is 16.3. The number of hydrogen-bond donors (Lipinski definition) is 0. The predicted octanol–water partition coefficient (Wildman–Crippen LogP) is 7.70.